The molecule has 1 aromatic rings. The lowest BCUT2D eigenvalue weighted by atomic mass is 9.89. The standard InChI is InChI=1S/C12H13F3N2/c1-8(2)9(5-6-12(13,14)15)10-4-3-7-17-11(10)16/h3-4,7-9H,1-2H3,(H2,16,17). The topological polar surface area (TPSA) is 38.9 Å². The van der Waals surface area contributed by atoms with E-state index >= 15 is 0 Å². The van der Waals surface area contributed by atoms with Crippen LogP contribution in [0.4, 0.5) is 19.0 Å². The molecule has 0 aliphatic carbocycles. The van der Waals surface area contributed by atoms with E-state index in [-0.39, 0.29) is 11.7 Å². The van der Waals surface area contributed by atoms with E-state index in [1.165, 1.54) is 12.1 Å². The Labute approximate surface area is 98.0 Å². The van der Waals surface area contributed by atoms with Gasteiger partial charge in [0, 0.05) is 17.7 Å². The van der Waals surface area contributed by atoms with E-state index in [4.69, 9.17) is 5.73 Å². The minimum atomic E-state index is -4.48. The molecule has 0 bridgehead atoms. The van der Waals surface area contributed by atoms with E-state index in [1.807, 2.05) is 0 Å². The van der Waals surface area contributed by atoms with Crippen molar-refractivity contribution < 1.29 is 13.2 Å². The van der Waals surface area contributed by atoms with Crippen molar-refractivity contribution in [3.8, 4) is 11.8 Å². The molecular formula is C12H13F3N2. The summed E-state index contributed by atoms with van der Waals surface area (Å²) in [5, 5.41) is 0. The van der Waals surface area contributed by atoms with Gasteiger partial charge in [-0.2, -0.15) is 13.2 Å². The normalized spacial score (nSPS) is 13.1. The highest BCUT2D eigenvalue weighted by atomic mass is 19.4. The summed E-state index contributed by atoms with van der Waals surface area (Å²) >= 11 is 0. The van der Waals surface area contributed by atoms with Crippen LogP contribution in [0.5, 0.6) is 0 Å². The average molecular weight is 242 g/mol. The molecule has 1 rings (SSSR count). The third kappa shape index (κ3) is 3.99. The minimum Gasteiger partial charge on any atom is -0.383 e. The summed E-state index contributed by atoms with van der Waals surface area (Å²) in [7, 11) is 0. The number of alkyl halides is 3. The third-order valence-electron chi connectivity index (χ3n) is 2.24. The van der Waals surface area contributed by atoms with Gasteiger partial charge in [-0.05, 0) is 12.0 Å². The van der Waals surface area contributed by atoms with Crippen LogP contribution in [-0.2, 0) is 0 Å². The SMILES string of the molecule is CC(C)C(C#CC(F)(F)F)c1cccnc1N. The van der Waals surface area contributed by atoms with Crippen LogP contribution in [0.1, 0.15) is 25.3 Å². The van der Waals surface area contributed by atoms with Gasteiger partial charge in [0.15, 0.2) is 0 Å². The van der Waals surface area contributed by atoms with E-state index in [9.17, 15) is 13.2 Å². The van der Waals surface area contributed by atoms with E-state index in [0.29, 0.717) is 5.56 Å². The molecule has 0 saturated heterocycles. The molecule has 17 heavy (non-hydrogen) atoms. The van der Waals surface area contributed by atoms with Gasteiger partial charge in [0.05, 0.1) is 5.92 Å². The number of aromatic nitrogens is 1. The second-order valence-corrected chi connectivity index (χ2v) is 3.97. The lowest BCUT2D eigenvalue weighted by molar-refractivity contribution is -0.0698. The molecule has 1 atom stereocenters. The Bertz CT molecular complexity index is 441. The number of hydrogen-bond acceptors (Lipinski definition) is 2. The summed E-state index contributed by atoms with van der Waals surface area (Å²) in [5.74, 6) is 3.10. The van der Waals surface area contributed by atoms with E-state index in [2.05, 4.69) is 10.9 Å². The first-order valence-corrected chi connectivity index (χ1v) is 5.11. The van der Waals surface area contributed by atoms with Crippen LogP contribution in [0.3, 0.4) is 0 Å². The molecule has 2 nitrogen and oxygen atoms in total. The first kappa shape index (κ1) is 13.4. The molecule has 92 valence electrons. The van der Waals surface area contributed by atoms with Crippen LogP contribution in [0.15, 0.2) is 18.3 Å². The second-order valence-electron chi connectivity index (χ2n) is 3.97. The van der Waals surface area contributed by atoms with E-state index < -0.39 is 12.1 Å². The molecule has 0 radical (unpaired) electrons. The van der Waals surface area contributed by atoms with Crippen LogP contribution in [0.25, 0.3) is 0 Å². The molecule has 0 amide bonds. The molecule has 0 saturated carbocycles. The van der Waals surface area contributed by atoms with Gasteiger partial charge in [-0.3, -0.25) is 0 Å². The minimum absolute atomic E-state index is 0.0728. The van der Waals surface area contributed by atoms with Crippen LogP contribution in [0.2, 0.25) is 0 Å². The predicted octanol–water partition coefficient (Wildman–Crippen LogP) is 2.97. The third-order valence-corrected chi connectivity index (χ3v) is 2.24. The summed E-state index contributed by atoms with van der Waals surface area (Å²) in [6.07, 6.45) is -2.99. The fraction of sp³-hybridized carbons (Fsp3) is 0.417. The molecule has 0 fully saturated rings. The van der Waals surface area contributed by atoms with Gasteiger partial charge in [-0.15, -0.1) is 0 Å². The van der Waals surface area contributed by atoms with Crippen molar-refractivity contribution in [2.45, 2.75) is 25.9 Å². The van der Waals surface area contributed by atoms with E-state index in [1.54, 1.807) is 26.0 Å². The largest absolute Gasteiger partial charge is 0.457 e. The number of anilines is 1. The average Bonchev–Trinajstić information content (AvgIpc) is 2.18. The van der Waals surface area contributed by atoms with Gasteiger partial charge < -0.3 is 5.73 Å². The Hall–Kier alpha value is -1.70. The first-order valence-electron chi connectivity index (χ1n) is 5.11. The van der Waals surface area contributed by atoms with Crippen molar-refractivity contribution >= 4 is 5.82 Å². The maximum Gasteiger partial charge on any atom is 0.457 e. The zero-order valence-electron chi connectivity index (χ0n) is 9.55. The number of hydrogen-bond donors (Lipinski definition) is 1. The molecule has 0 aliphatic rings. The molecule has 1 unspecified atom stereocenters. The maximum absolute atomic E-state index is 12.1. The highest BCUT2D eigenvalue weighted by Crippen LogP contribution is 2.27. The van der Waals surface area contributed by atoms with Crippen molar-refractivity contribution in [3.05, 3.63) is 23.9 Å². The molecule has 1 aromatic heterocycles. The summed E-state index contributed by atoms with van der Waals surface area (Å²) in [6.45, 7) is 3.59. The number of rotatable bonds is 2. The molecule has 0 aliphatic heterocycles. The van der Waals surface area contributed by atoms with Gasteiger partial charge in [0.25, 0.3) is 0 Å². The Morgan fingerprint density at radius 1 is 1.35 bits per heavy atom. The van der Waals surface area contributed by atoms with Crippen LogP contribution < -0.4 is 5.73 Å². The van der Waals surface area contributed by atoms with Crippen molar-refractivity contribution in [2.24, 2.45) is 5.92 Å². The molecule has 0 spiro atoms. The summed E-state index contributed by atoms with van der Waals surface area (Å²) < 4.78 is 36.2. The lowest BCUT2D eigenvalue weighted by Crippen LogP contribution is -2.10. The summed E-state index contributed by atoms with van der Waals surface area (Å²) in [4.78, 5) is 3.86. The predicted molar refractivity (Wildman–Crippen MR) is 60.1 cm³/mol. The summed E-state index contributed by atoms with van der Waals surface area (Å²) in [5.41, 5.74) is 6.18. The summed E-state index contributed by atoms with van der Waals surface area (Å²) in [6, 6.07) is 3.29. The van der Waals surface area contributed by atoms with Crippen molar-refractivity contribution in [3.63, 3.8) is 0 Å². The smallest absolute Gasteiger partial charge is 0.383 e. The molecule has 1 heterocycles. The molecular weight excluding hydrogens is 229 g/mol. The Morgan fingerprint density at radius 3 is 2.47 bits per heavy atom. The van der Waals surface area contributed by atoms with Crippen LogP contribution in [-0.4, -0.2) is 11.2 Å². The maximum atomic E-state index is 12.1. The van der Waals surface area contributed by atoms with Gasteiger partial charge in [0.2, 0.25) is 0 Å². The van der Waals surface area contributed by atoms with Gasteiger partial charge in [-0.25, -0.2) is 4.98 Å². The van der Waals surface area contributed by atoms with Crippen molar-refractivity contribution in [1.82, 2.24) is 4.98 Å². The van der Waals surface area contributed by atoms with Gasteiger partial charge >= 0.3 is 6.18 Å². The number of nitrogens with zero attached hydrogens (tertiary/aromatic N) is 1. The zero-order chi connectivity index (χ0) is 13.1. The monoisotopic (exact) mass is 242 g/mol. The van der Waals surface area contributed by atoms with E-state index in [0.717, 1.165) is 0 Å². The lowest BCUT2D eigenvalue weighted by Gasteiger charge is -2.16. The van der Waals surface area contributed by atoms with Crippen LogP contribution in [0, 0.1) is 17.8 Å². The number of nitrogen functional groups attached to an aromatic ring is 1. The highest BCUT2D eigenvalue weighted by molar-refractivity contribution is 5.45. The quantitative estimate of drug-likeness (QED) is 0.810. The van der Waals surface area contributed by atoms with Gasteiger partial charge in [0.1, 0.15) is 5.82 Å². The second kappa shape index (κ2) is 5.09. The van der Waals surface area contributed by atoms with Crippen LogP contribution >= 0.6 is 0 Å². The van der Waals surface area contributed by atoms with Gasteiger partial charge in [-0.1, -0.05) is 25.8 Å². The fourth-order valence-electron chi connectivity index (χ4n) is 1.46. The number of nitrogens with two attached hydrogens (primary N) is 1. The Balaban J connectivity index is 3.10. The molecule has 0 aromatic carbocycles. The Kier molecular flexibility index (Phi) is 4.00. The first-order chi connectivity index (χ1) is 7.81. The van der Waals surface area contributed by atoms with Crippen molar-refractivity contribution in [2.75, 3.05) is 5.73 Å². The van der Waals surface area contributed by atoms with Crippen molar-refractivity contribution in [1.29, 1.82) is 0 Å². The number of pyridine rings is 1. The zero-order valence-corrected chi connectivity index (χ0v) is 9.55. The Morgan fingerprint density at radius 2 is 2.00 bits per heavy atom. The molecule has 2 N–H and O–H groups in total. The molecule has 5 heteroatoms. The highest BCUT2D eigenvalue weighted by Gasteiger charge is 2.25. The number of halogens is 3. The fourth-order valence-corrected chi connectivity index (χ4v) is 1.46.